The minimum atomic E-state index is -5.08. The number of nitrogens with zero attached hydrogens (tertiary/aromatic N) is 1. The molecule has 0 saturated carbocycles. The molecule has 13 heteroatoms. The number of alkyl halides is 3. The molecule has 0 spiro atoms. The largest absolute Gasteiger partial charge is 0.497 e. The first kappa shape index (κ1) is 30.6. The number of aliphatic carboxylic acids is 1. The molecule has 4 aromatic rings. The Balaban J connectivity index is 0.000000541. The van der Waals surface area contributed by atoms with Gasteiger partial charge in [0, 0.05) is 18.3 Å². The van der Waals surface area contributed by atoms with Crippen LogP contribution in [0.15, 0.2) is 79.1 Å². The number of rotatable bonds is 7. The summed E-state index contributed by atoms with van der Waals surface area (Å²) in [4.78, 5) is 35.4. The molecule has 1 aliphatic heterocycles. The van der Waals surface area contributed by atoms with Crippen LogP contribution < -0.4 is 20.1 Å². The lowest BCUT2D eigenvalue weighted by molar-refractivity contribution is -0.192. The molecule has 224 valence electrons. The number of carboxylic acids is 1. The Kier molecular flexibility index (Phi) is 9.65. The Bertz CT molecular complexity index is 1580. The van der Waals surface area contributed by atoms with Crippen LogP contribution in [-0.4, -0.2) is 53.0 Å². The van der Waals surface area contributed by atoms with Gasteiger partial charge in [0.15, 0.2) is 0 Å². The number of amides is 2. The van der Waals surface area contributed by atoms with Gasteiger partial charge in [0.05, 0.1) is 30.5 Å². The third-order valence-electron chi connectivity index (χ3n) is 6.44. The fourth-order valence-corrected chi connectivity index (χ4v) is 4.20. The summed E-state index contributed by atoms with van der Waals surface area (Å²) >= 11 is 0. The van der Waals surface area contributed by atoms with E-state index in [1.807, 2.05) is 54.6 Å². The summed E-state index contributed by atoms with van der Waals surface area (Å²) < 4.78 is 42.9. The molecule has 10 nitrogen and oxygen atoms in total. The number of H-pyrrole nitrogens is 1. The van der Waals surface area contributed by atoms with Crippen molar-refractivity contribution in [1.82, 2.24) is 15.5 Å². The number of anilines is 1. The van der Waals surface area contributed by atoms with Crippen LogP contribution >= 0.6 is 0 Å². The van der Waals surface area contributed by atoms with E-state index in [-0.39, 0.29) is 18.4 Å². The summed E-state index contributed by atoms with van der Waals surface area (Å²) in [6.07, 6.45) is -1.13. The monoisotopic (exact) mass is 596 g/mol. The van der Waals surface area contributed by atoms with Gasteiger partial charge in [-0.2, -0.15) is 18.3 Å². The molecule has 0 fully saturated rings. The Labute approximate surface area is 243 Å². The zero-order valence-electron chi connectivity index (χ0n) is 22.8. The zero-order valence-corrected chi connectivity index (χ0v) is 22.8. The summed E-state index contributed by atoms with van der Waals surface area (Å²) in [5, 5.41) is 19.8. The molecule has 0 aliphatic carbocycles. The highest BCUT2D eigenvalue weighted by Crippen LogP contribution is 2.32. The van der Waals surface area contributed by atoms with Crippen molar-refractivity contribution in [3.8, 4) is 22.6 Å². The molecular formula is C30H27F3N4O6. The SMILES string of the molecule is COc1ccc2c(c1)CC(C(=O)Nc1ccc(-c3cn[nH]c3)cc1C(=O)NCc1ccccc1)CO2.O=C(O)C(F)(F)F. The van der Waals surface area contributed by atoms with Crippen LogP contribution in [0.25, 0.3) is 11.1 Å². The highest BCUT2D eigenvalue weighted by Gasteiger charge is 2.38. The Morgan fingerprint density at radius 1 is 1.07 bits per heavy atom. The summed E-state index contributed by atoms with van der Waals surface area (Å²) in [6, 6.07) is 20.6. The van der Waals surface area contributed by atoms with Gasteiger partial charge in [0.1, 0.15) is 18.1 Å². The van der Waals surface area contributed by atoms with E-state index in [2.05, 4.69) is 20.8 Å². The second-order valence-electron chi connectivity index (χ2n) is 9.39. The molecule has 1 atom stereocenters. The van der Waals surface area contributed by atoms with Crippen LogP contribution in [0.5, 0.6) is 11.5 Å². The van der Waals surface area contributed by atoms with Crippen molar-refractivity contribution in [2.75, 3.05) is 19.0 Å². The Morgan fingerprint density at radius 2 is 1.81 bits per heavy atom. The van der Waals surface area contributed by atoms with Gasteiger partial charge < -0.3 is 25.2 Å². The van der Waals surface area contributed by atoms with Crippen LogP contribution in [0.3, 0.4) is 0 Å². The number of hydrogen-bond donors (Lipinski definition) is 4. The first-order valence-corrected chi connectivity index (χ1v) is 12.9. The minimum Gasteiger partial charge on any atom is -0.497 e. The van der Waals surface area contributed by atoms with E-state index in [1.54, 1.807) is 31.6 Å². The maximum Gasteiger partial charge on any atom is 0.490 e. The van der Waals surface area contributed by atoms with Gasteiger partial charge in [-0.25, -0.2) is 4.79 Å². The van der Waals surface area contributed by atoms with Gasteiger partial charge in [-0.3, -0.25) is 14.7 Å². The van der Waals surface area contributed by atoms with E-state index in [4.69, 9.17) is 19.4 Å². The smallest absolute Gasteiger partial charge is 0.490 e. The molecule has 2 heterocycles. The lowest BCUT2D eigenvalue weighted by Gasteiger charge is -2.25. The molecule has 4 N–H and O–H groups in total. The zero-order chi connectivity index (χ0) is 31.0. The van der Waals surface area contributed by atoms with Gasteiger partial charge in [-0.05, 0) is 53.4 Å². The lowest BCUT2D eigenvalue weighted by atomic mass is 9.95. The van der Waals surface area contributed by atoms with Gasteiger partial charge >= 0.3 is 12.1 Å². The topological polar surface area (TPSA) is 143 Å². The molecular weight excluding hydrogens is 569 g/mol. The van der Waals surface area contributed by atoms with Gasteiger partial charge in [0.25, 0.3) is 5.91 Å². The fraction of sp³-hybridized carbons (Fsp3) is 0.200. The van der Waals surface area contributed by atoms with Crippen molar-refractivity contribution in [2.45, 2.75) is 19.1 Å². The van der Waals surface area contributed by atoms with E-state index < -0.39 is 18.1 Å². The van der Waals surface area contributed by atoms with Gasteiger partial charge in [0.2, 0.25) is 5.91 Å². The van der Waals surface area contributed by atoms with Crippen LogP contribution in [0.4, 0.5) is 18.9 Å². The van der Waals surface area contributed by atoms with E-state index in [9.17, 15) is 22.8 Å². The van der Waals surface area contributed by atoms with Gasteiger partial charge in [-0.15, -0.1) is 0 Å². The number of aromatic nitrogens is 2. The summed E-state index contributed by atoms with van der Waals surface area (Å²) in [6.45, 7) is 0.631. The van der Waals surface area contributed by atoms with Crippen LogP contribution in [-0.2, 0) is 22.6 Å². The number of halogens is 3. The molecule has 3 aromatic carbocycles. The molecule has 43 heavy (non-hydrogen) atoms. The molecule has 1 aliphatic rings. The molecule has 1 unspecified atom stereocenters. The number of fused-ring (bicyclic) bond motifs is 1. The molecule has 0 bridgehead atoms. The average Bonchev–Trinajstić information content (AvgIpc) is 3.55. The summed E-state index contributed by atoms with van der Waals surface area (Å²) in [5.41, 5.74) is 4.36. The standard InChI is InChI=1S/C28H26N4O4.C2HF3O2/c1-35-23-8-10-26-20(12-23)11-21(17-36-26)27(33)32-25-9-7-19(22-15-30-31-16-22)13-24(25)28(34)29-14-18-5-3-2-4-6-18;3-2(4,5)1(6)7/h2-10,12-13,15-16,21H,11,14,17H2,1H3,(H,29,34)(H,30,31)(H,32,33);(H,6,7). The van der Waals surface area contributed by atoms with E-state index in [0.717, 1.165) is 28.0 Å². The molecule has 0 radical (unpaired) electrons. The second-order valence-corrected chi connectivity index (χ2v) is 9.39. The van der Waals surface area contributed by atoms with Crippen molar-refractivity contribution >= 4 is 23.5 Å². The minimum absolute atomic E-state index is 0.211. The number of methoxy groups -OCH3 is 1. The molecule has 5 rings (SSSR count). The number of hydrogen-bond acceptors (Lipinski definition) is 6. The van der Waals surface area contributed by atoms with Crippen LogP contribution in [0.2, 0.25) is 0 Å². The van der Waals surface area contributed by atoms with Crippen molar-refractivity contribution in [1.29, 1.82) is 0 Å². The maximum atomic E-state index is 13.2. The van der Waals surface area contributed by atoms with Crippen molar-refractivity contribution in [2.24, 2.45) is 5.92 Å². The Hall–Kier alpha value is -5.33. The first-order chi connectivity index (χ1) is 20.5. The predicted molar refractivity (Wildman–Crippen MR) is 150 cm³/mol. The maximum absolute atomic E-state index is 13.2. The van der Waals surface area contributed by atoms with E-state index in [1.165, 1.54) is 0 Å². The van der Waals surface area contributed by atoms with Crippen molar-refractivity contribution < 1.29 is 42.1 Å². The summed E-state index contributed by atoms with van der Waals surface area (Å²) in [7, 11) is 1.60. The number of nitrogens with one attached hydrogen (secondary N) is 3. The number of carboxylic acid groups (broad SMARTS) is 1. The first-order valence-electron chi connectivity index (χ1n) is 12.9. The Morgan fingerprint density at radius 3 is 2.47 bits per heavy atom. The lowest BCUT2D eigenvalue weighted by Crippen LogP contribution is -2.33. The van der Waals surface area contributed by atoms with E-state index in [0.29, 0.717) is 30.0 Å². The molecule has 0 saturated heterocycles. The predicted octanol–water partition coefficient (Wildman–Crippen LogP) is 4.84. The van der Waals surface area contributed by atoms with Crippen LogP contribution in [0.1, 0.15) is 21.5 Å². The number of benzene rings is 3. The number of ether oxygens (including phenoxy) is 2. The van der Waals surface area contributed by atoms with Crippen LogP contribution in [0, 0.1) is 5.92 Å². The number of carbonyl (C=O) groups excluding carboxylic acids is 2. The highest BCUT2D eigenvalue weighted by atomic mass is 19.4. The van der Waals surface area contributed by atoms with Gasteiger partial charge in [-0.1, -0.05) is 36.4 Å². The van der Waals surface area contributed by atoms with Crippen molar-refractivity contribution in [3.63, 3.8) is 0 Å². The molecule has 1 aromatic heterocycles. The summed E-state index contributed by atoms with van der Waals surface area (Å²) in [5.74, 6) is -2.19. The van der Waals surface area contributed by atoms with Crippen molar-refractivity contribution in [3.05, 3.63) is 95.8 Å². The number of carbonyl (C=O) groups is 3. The van der Waals surface area contributed by atoms with E-state index >= 15 is 0 Å². The highest BCUT2D eigenvalue weighted by molar-refractivity contribution is 6.05. The normalized spacial score (nSPS) is 13.8. The number of aromatic amines is 1. The quantitative estimate of drug-likeness (QED) is 0.239. The third kappa shape index (κ3) is 8.12. The average molecular weight is 597 g/mol. The second kappa shape index (κ2) is 13.6. The third-order valence-corrected chi connectivity index (χ3v) is 6.44. The fourth-order valence-electron chi connectivity index (χ4n) is 4.20. The molecule has 2 amide bonds.